The summed E-state index contributed by atoms with van der Waals surface area (Å²) in [7, 11) is 0. The van der Waals surface area contributed by atoms with Crippen LogP contribution >= 0.6 is 11.3 Å². The van der Waals surface area contributed by atoms with Gasteiger partial charge in [-0.3, -0.25) is 9.36 Å². The van der Waals surface area contributed by atoms with Crippen LogP contribution in [0.5, 0.6) is 11.5 Å². The van der Waals surface area contributed by atoms with E-state index in [0.717, 1.165) is 27.1 Å². The summed E-state index contributed by atoms with van der Waals surface area (Å²) < 4.78 is 19.0. The molecule has 2 aromatic carbocycles. The van der Waals surface area contributed by atoms with Gasteiger partial charge in [-0.25, -0.2) is 4.79 Å². The second-order valence-electron chi connectivity index (χ2n) is 7.54. The van der Waals surface area contributed by atoms with Crippen molar-refractivity contribution in [1.29, 1.82) is 0 Å². The van der Waals surface area contributed by atoms with Crippen molar-refractivity contribution in [3.8, 4) is 11.5 Å². The molecule has 8 nitrogen and oxygen atoms in total. The summed E-state index contributed by atoms with van der Waals surface area (Å²) in [6, 6.07) is 12.4. The molecule has 0 amide bonds. The first-order valence-corrected chi connectivity index (χ1v) is 11.0. The van der Waals surface area contributed by atoms with E-state index >= 15 is 0 Å². The molecule has 0 bridgehead atoms. The van der Waals surface area contributed by atoms with E-state index < -0.39 is 11.6 Å². The van der Waals surface area contributed by atoms with E-state index in [9.17, 15) is 9.59 Å². The molecule has 0 aliphatic heterocycles. The molecule has 1 N–H and O–H groups in total. The fourth-order valence-corrected chi connectivity index (χ4v) is 4.02. The van der Waals surface area contributed by atoms with Crippen molar-refractivity contribution < 1.29 is 24.2 Å². The third-order valence-electron chi connectivity index (χ3n) is 4.78. The maximum absolute atomic E-state index is 12.4. The fraction of sp³-hybridized carbons (Fsp3) is 0.348. The van der Waals surface area contributed by atoms with E-state index in [2.05, 4.69) is 5.16 Å². The number of oxime groups is 1. The first kappa shape index (κ1) is 23.3. The van der Waals surface area contributed by atoms with E-state index in [-0.39, 0.29) is 4.87 Å². The van der Waals surface area contributed by atoms with Crippen molar-refractivity contribution in [3.05, 3.63) is 57.7 Å². The summed E-state index contributed by atoms with van der Waals surface area (Å²) in [5.41, 5.74) is 0.961. The van der Waals surface area contributed by atoms with E-state index in [4.69, 9.17) is 19.4 Å². The first-order valence-electron chi connectivity index (χ1n) is 10.2. The number of carbonyl (C=O) groups excluding carboxylic acids is 1. The third kappa shape index (κ3) is 5.28. The van der Waals surface area contributed by atoms with E-state index in [1.807, 2.05) is 18.2 Å². The minimum absolute atomic E-state index is 0.0794. The van der Waals surface area contributed by atoms with Gasteiger partial charge < -0.3 is 19.4 Å². The van der Waals surface area contributed by atoms with Crippen LogP contribution in [0.1, 0.15) is 33.3 Å². The highest BCUT2D eigenvalue weighted by atomic mass is 32.1. The normalized spacial score (nSPS) is 12.1. The average Bonchev–Trinajstić information content (AvgIpc) is 3.08. The lowest BCUT2D eigenvalue weighted by atomic mass is 10.1. The number of esters is 1. The summed E-state index contributed by atoms with van der Waals surface area (Å²) in [5, 5.41) is 12.1. The number of hydrogen-bond donors (Lipinski definition) is 1. The van der Waals surface area contributed by atoms with Crippen molar-refractivity contribution in [2.45, 2.75) is 39.8 Å². The lowest BCUT2D eigenvalue weighted by molar-refractivity contribution is -0.158. The molecular formula is C23H26N2O6S. The minimum Gasteiger partial charge on any atom is -0.492 e. The number of hydrogen-bond acceptors (Lipinski definition) is 8. The van der Waals surface area contributed by atoms with Gasteiger partial charge in [0.2, 0.25) is 0 Å². The zero-order valence-corrected chi connectivity index (χ0v) is 19.3. The smallest absolute Gasteiger partial charge is 0.349 e. The zero-order valence-electron chi connectivity index (χ0n) is 18.5. The molecule has 0 aliphatic carbocycles. The summed E-state index contributed by atoms with van der Waals surface area (Å²) in [6.07, 6.45) is 0. The number of thiazole rings is 1. The van der Waals surface area contributed by atoms with Crippen molar-refractivity contribution in [2.24, 2.45) is 5.16 Å². The number of nitrogens with zero attached hydrogens (tertiary/aromatic N) is 2. The second-order valence-corrected chi connectivity index (χ2v) is 8.53. The number of rotatable bonds is 9. The van der Waals surface area contributed by atoms with Crippen molar-refractivity contribution in [3.63, 3.8) is 0 Å². The van der Waals surface area contributed by atoms with Crippen LogP contribution in [0.15, 0.2) is 52.4 Å². The summed E-state index contributed by atoms with van der Waals surface area (Å²) >= 11 is 1.14. The van der Waals surface area contributed by atoms with Crippen LogP contribution in [0.25, 0.3) is 10.2 Å². The quantitative estimate of drug-likeness (QED) is 0.225. The van der Waals surface area contributed by atoms with E-state index in [1.54, 1.807) is 56.5 Å². The summed E-state index contributed by atoms with van der Waals surface area (Å²) in [4.78, 5) is 24.3. The van der Waals surface area contributed by atoms with Crippen molar-refractivity contribution >= 4 is 33.2 Å². The Bertz CT molecular complexity index is 1180. The third-order valence-corrected chi connectivity index (χ3v) is 5.73. The Kier molecular flexibility index (Phi) is 7.19. The largest absolute Gasteiger partial charge is 0.492 e. The Morgan fingerprint density at radius 3 is 2.50 bits per heavy atom. The highest BCUT2D eigenvalue weighted by Gasteiger charge is 2.31. The van der Waals surface area contributed by atoms with Gasteiger partial charge in [0.1, 0.15) is 18.1 Å². The maximum atomic E-state index is 12.4. The van der Waals surface area contributed by atoms with Crippen LogP contribution in [0.4, 0.5) is 0 Å². The molecule has 0 atom stereocenters. The summed E-state index contributed by atoms with van der Waals surface area (Å²) in [5.74, 6) is 0.712. The highest BCUT2D eigenvalue weighted by molar-refractivity contribution is 7.16. The van der Waals surface area contributed by atoms with Gasteiger partial charge in [0.15, 0.2) is 5.60 Å². The standard InChI is InChI=1S/C23H26N2O6S/c1-5-29-21(26)23(3,4)31-18-9-7-17(8-10-18)30-13-12-25-19-11-6-16(15(2)24-28)14-20(19)32-22(25)27/h6-11,14,28H,5,12-13H2,1-4H3/b24-15+. The lowest BCUT2D eigenvalue weighted by Crippen LogP contribution is -2.39. The van der Waals surface area contributed by atoms with Crippen LogP contribution in [0.2, 0.25) is 0 Å². The topological polar surface area (TPSA) is 99.4 Å². The fourth-order valence-electron chi connectivity index (χ4n) is 3.06. The van der Waals surface area contributed by atoms with Gasteiger partial charge in [0, 0.05) is 5.56 Å². The first-order chi connectivity index (χ1) is 15.2. The van der Waals surface area contributed by atoms with E-state index in [0.29, 0.717) is 37.0 Å². The molecule has 0 unspecified atom stereocenters. The number of fused-ring (bicyclic) bond motifs is 1. The van der Waals surface area contributed by atoms with Gasteiger partial charge in [-0.2, -0.15) is 0 Å². The SMILES string of the molecule is CCOC(=O)C(C)(C)Oc1ccc(OCCn2c(=O)sc3cc(/C(C)=N/O)ccc32)cc1. The van der Waals surface area contributed by atoms with Gasteiger partial charge in [0.25, 0.3) is 0 Å². The number of aromatic nitrogens is 1. The number of carbonyl (C=O) groups is 1. The minimum atomic E-state index is -1.10. The second kappa shape index (κ2) is 9.86. The molecule has 0 spiro atoms. The molecule has 3 rings (SSSR count). The number of benzene rings is 2. The lowest BCUT2D eigenvalue weighted by Gasteiger charge is -2.24. The van der Waals surface area contributed by atoms with Crippen molar-refractivity contribution in [2.75, 3.05) is 13.2 Å². The number of ether oxygens (including phenoxy) is 3. The van der Waals surface area contributed by atoms with E-state index in [1.165, 1.54) is 0 Å². The molecule has 0 radical (unpaired) electrons. The molecule has 0 aliphatic rings. The highest BCUT2D eigenvalue weighted by Crippen LogP contribution is 2.23. The molecule has 0 saturated carbocycles. The maximum Gasteiger partial charge on any atom is 0.349 e. The van der Waals surface area contributed by atoms with Gasteiger partial charge >= 0.3 is 10.8 Å². The van der Waals surface area contributed by atoms with Gasteiger partial charge in [-0.05, 0) is 64.1 Å². The molecule has 3 aromatic rings. The van der Waals surface area contributed by atoms with Gasteiger partial charge in [0.05, 0.1) is 29.1 Å². The van der Waals surface area contributed by atoms with Crippen LogP contribution in [-0.4, -0.2) is 40.3 Å². The predicted octanol–water partition coefficient (Wildman–Crippen LogP) is 4.06. The molecule has 0 saturated heterocycles. The molecule has 32 heavy (non-hydrogen) atoms. The Balaban J connectivity index is 1.62. The zero-order chi connectivity index (χ0) is 23.3. The monoisotopic (exact) mass is 458 g/mol. The van der Waals surface area contributed by atoms with Crippen molar-refractivity contribution in [1.82, 2.24) is 4.57 Å². The van der Waals surface area contributed by atoms with Crippen LogP contribution in [0.3, 0.4) is 0 Å². The average molecular weight is 459 g/mol. The Labute approximate surface area is 189 Å². The Morgan fingerprint density at radius 1 is 1.16 bits per heavy atom. The summed E-state index contributed by atoms with van der Waals surface area (Å²) in [6.45, 7) is 7.73. The molecule has 170 valence electrons. The molecule has 0 fully saturated rings. The predicted molar refractivity (Wildman–Crippen MR) is 123 cm³/mol. The van der Waals surface area contributed by atoms with Crippen LogP contribution in [-0.2, 0) is 16.1 Å². The Hall–Kier alpha value is -3.33. The van der Waals surface area contributed by atoms with Gasteiger partial charge in [-0.1, -0.05) is 22.6 Å². The van der Waals surface area contributed by atoms with Gasteiger partial charge in [-0.15, -0.1) is 0 Å². The molecular weight excluding hydrogens is 432 g/mol. The van der Waals surface area contributed by atoms with Crippen LogP contribution < -0.4 is 14.3 Å². The molecule has 1 aromatic heterocycles. The Morgan fingerprint density at radius 2 is 1.84 bits per heavy atom. The molecule has 9 heteroatoms. The molecule has 1 heterocycles. The van der Waals surface area contributed by atoms with Crippen LogP contribution in [0, 0.1) is 0 Å².